The molecule has 0 aliphatic rings. The van der Waals surface area contributed by atoms with Crippen molar-refractivity contribution in [2.24, 2.45) is 0 Å². The Morgan fingerprint density at radius 1 is 1.00 bits per heavy atom. The highest BCUT2D eigenvalue weighted by atomic mass is 15.2. The molecule has 0 bridgehead atoms. The van der Waals surface area contributed by atoms with E-state index >= 15 is 0 Å². The molecule has 3 nitrogen and oxygen atoms in total. The zero-order valence-corrected chi connectivity index (χ0v) is 13.5. The molecule has 0 rings (SSSR count). The van der Waals surface area contributed by atoms with Gasteiger partial charge in [0.2, 0.25) is 0 Å². The molecule has 2 atom stereocenters. The van der Waals surface area contributed by atoms with Gasteiger partial charge < -0.3 is 15.1 Å². The average Bonchev–Trinajstić information content (AvgIpc) is 2.30. The van der Waals surface area contributed by atoms with Gasteiger partial charge in [0.25, 0.3) is 0 Å². The molecule has 0 saturated heterocycles. The summed E-state index contributed by atoms with van der Waals surface area (Å²) in [4.78, 5) is 4.81. The minimum atomic E-state index is 0.648. The van der Waals surface area contributed by atoms with E-state index in [1.807, 2.05) is 0 Å². The van der Waals surface area contributed by atoms with Crippen LogP contribution in [0.3, 0.4) is 0 Å². The normalized spacial score (nSPS) is 15.3. The second kappa shape index (κ2) is 10.8. The lowest BCUT2D eigenvalue weighted by Gasteiger charge is -2.35. The standard InChI is InChI=1S/C15H35N3/c1-7-11-14(16-9-3)15(8-2)18(6)13-10-12-17(4)5/h14-16H,7-13H2,1-6H3. The van der Waals surface area contributed by atoms with E-state index in [1.165, 1.54) is 38.8 Å². The van der Waals surface area contributed by atoms with Gasteiger partial charge in [-0.25, -0.2) is 0 Å². The molecule has 2 unspecified atom stereocenters. The first-order valence-corrected chi connectivity index (χ1v) is 7.65. The van der Waals surface area contributed by atoms with Crippen LogP contribution >= 0.6 is 0 Å². The van der Waals surface area contributed by atoms with Crippen LogP contribution in [0.25, 0.3) is 0 Å². The van der Waals surface area contributed by atoms with Gasteiger partial charge in [-0.05, 0) is 60.0 Å². The lowest BCUT2D eigenvalue weighted by molar-refractivity contribution is 0.173. The maximum atomic E-state index is 3.66. The topological polar surface area (TPSA) is 18.5 Å². The molecule has 18 heavy (non-hydrogen) atoms. The second-order valence-electron chi connectivity index (χ2n) is 5.57. The van der Waals surface area contributed by atoms with E-state index in [0.717, 1.165) is 6.54 Å². The molecule has 0 fully saturated rings. The first-order valence-electron chi connectivity index (χ1n) is 7.65. The fourth-order valence-electron chi connectivity index (χ4n) is 2.71. The predicted molar refractivity (Wildman–Crippen MR) is 82.3 cm³/mol. The van der Waals surface area contributed by atoms with E-state index in [2.05, 4.69) is 57.0 Å². The van der Waals surface area contributed by atoms with Crippen molar-refractivity contribution in [3.8, 4) is 0 Å². The molecular weight excluding hydrogens is 222 g/mol. The largest absolute Gasteiger partial charge is 0.313 e. The predicted octanol–water partition coefficient (Wildman–Crippen LogP) is 2.43. The van der Waals surface area contributed by atoms with E-state index in [-0.39, 0.29) is 0 Å². The molecule has 110 valence electrons. The Hall–Kier alpha value is -0.120. The van der Waals surface area contributed by atoms with Gasteiger partial charge in [-0.15, -0.1) is 0 Å². The van der Waals surface area contributed by atoms with Gasteiger partial charge >= 0.3 is 0 Å². The molecule has 0 aliphatic heterocycles. The van der Waals surface area contributed by atoms with E-state index in [1.54, 1.807) is 0 Å². The third-order valence-corrected chi connectivity index (χ3v) is 3.63. The van der Waals surface area contributed by atoms with Crippen LogP contribution in [0.5, 0.6) is 0 Å². The van der Waals surface area contributed by atoms with Crippen LogP contribution in [0, 0.1) is 0 Å². The van der Waals surface area contributed by atoms with Crippen molar-refractivity contribution >= 4 is 0 Å². The quantitative estimate of drug-likeness (QED) is 0.613. The molecule has 0 aromatic rings. The summed E-state index contributed by atoms with van der Waals surface area (Å²) in [5.74, 6) is 0. The summed E-state index contributed by atoms with van der Waals surface area (Å²) < 4.78 is 0. The highest BCUT2D eigenvalue weighted by Crippen LogP contribution is 2.12. The first-order chi connectivity index (χ1) is 8.56. The molecule has 0 aliphatic carbocycles. The molecule has 0 heterocycles. The molecule has 0 aromatic heterocycles. The van der Waals surface area contributed by atoms with Crippen molar-refractivity contribution < 1.29 is 0 Å². The van der Waals surface area contributed by atoms with Gasteiger partial charge in [0.15, 0.2) is 0 Å². The monoisotopic (exact) mass is 257 g/mol. The van der Waals surface area contributed by atoms with Crippen molar-refractivity contribution in [3.05, 3.63) is 0 Å². The minimum Gasteiger partial charge on any atom is -0.313 e. The van der Waals surface area contributed by atoms with Gasteiger partial charge in [-0.1, -0.05) is 27.2 Å². The summed E-state index contributed by atoms with van der Waals surface area (Å²) in [6.07, 6.45) is 5.03. The lowest BCUT2D eigenvalue weighted by atomic mass is 9.99. The Bertz CT molecular complexity index is 177. The fraction of sp³-hybridized carbons (Fsp3) is 1.00. The Labute approximate surface area is 115 Å². The van der Waals surface area contributed by atoms with Gasteiger partial charge in [0.05, 0.1) is 0 Å². The van der Waals surface area contributed by atoms with Crippen LogP contribution < -0.4 is 5.32 Å². The van der Waals surface area contributed by atoms with Gasteiger partial charge in [-0.2, -0.15) is 0 Å². The first kappa shape index (κ1) is 17.9. The maximum absolute atomic E-state index is 3.66. The van der Waals surface area contributed by atoms with Crippen molar-refractivity contribution in [1.29, 1.82) is 0 Å². The lowest BCUT2D eigenvalue weighted by Crippen LogP contribution is -2.48. The highest BCUT2D eigenvalue weighted by Gasteiger charge is 2.21. The second-order valence-corrected chi connectivity index (χ2v) is 5.57. The Morgan fingerprint density at radius 3 is 2.11 bits per heavy atom. The number of likely N-dealkylation sites (N-methyl/N-ethyl adjacent to an activating group) is 2. The van der Waals surface area contributed by atoms with Crippen molar-refractivity contribution in [3.63, 3.8) is 0 Å². The Kier molecular flexibility index (Phi) is 10.7. The molecule has 3 heteroatoms. The fourth-order valence-corrected chi connectivity index (χ4v) is 2.71. The number of hydrogen-bond acceptors (Lipinski definition) is 3. The highest BCUT2D eigenvalue weighted by molar-refractivity contribution is 4.82. The van der Waals surface area contributed by atoms with Crippen LogP contribution in [0.2, 0.25) is 0 Å². The molecule has 0 saturated carbocycles. The van der Waals surface area contributed by atoms with Crippen LogP contribution in [0.15, 0.2) is 0 Å². The van der Waals surface area contributed by atoms with Gasteiger partial charge in [0.1, 0.15) is 0 Å². The van der Waals surface area contributed by atoms with Crippen LogP contribution in [0.4, 0.5) is 0 Å². The van der Waals surface area contributed by atoms with E-state index < -0.39 is 0 Å². The third-order valence-electron chi connectivity index (χ3n) is 3.63. The molecule has 0 aromatic carbocycles. The molecule has 0 spiro atoms. The number of nitrogens with one attached hydrogen (secondary N) is 1. The number of hydrogen-bond donors (Lipinski definition) is 1. The average molecular weight is 257 g/mol. The molecule has 0 radical (unpaired) electrons. The van der Waals surface area contributed by atoms with Gasteiger partial charge in [-0.3, -0.25) is 0 Å². The molecule has 0 amide bonds. The zero-order valence-electron chi connectivity index (χ0n) is 13.5. The van der Waals surface area contributed by atoms with Crippen molar-refractivity contribution in [2.75, 3.05) is 40.8 Å². The van der Waals surface area contributed by atoms with Crippen LogP contribution in [-0.4, -0.2) is 62.7 Å². The Balaban J connectivity index is 4.23. The Morgan fingerprint density at radius 2 is 1.67 bits per heavy atom. The number of nitrogens with zero attached hydrogens (tertiary/aromatic N) is 2. The third kappa shape index (κ3) is 7.34. The van der Waals surface area contributed by atoms with Gasteiger partial charge in [0, 0.05) is 12.1 Å². The van der Waals surface area contributed by atoms with E-state index in [0.29, 0.717) is 12.1 Å². The summed E-state index contributed by atoms with van der Waals surface area (Å²) in [6.45, 7) is 10.3. The van der Waals surface area contributed by atoms with Crippen LogP contribution in [-0.2, 0) is 0 Å². The van der Waals surface area contributed by atoms with Crippen LogP contribution in [0.1, 0.15) is 46.5 Å². The smallest absolute Gasteiger partial charge is 0.0243 e. The maximum Gasteiger partial charge on any atom is 0.0243 e. The summed E-state index contributed by atoms with van der Waals surface area (Å²) in [5, 5.41) is 3.66. The SMILES string of the molecule is CCCC(NCC)C(CC)N(C)CCCN(C)C. The van der Waals surface area contributed by atoms with E-state index in [4.69, 9.17) is 0 Å². The summed E-state index contributed by atoms with van der Waals surface area (Å²) in [6, 6.07) is 1.32. The summed E-state index contributed by atoms with van der Waals surface area (Å²) in [7, 11) is 6.58. The molecular formula is C15H35N3. The summed E-state index contributed by atoms with van der Waals surface area (Å²) in [5.41, 5.74) is 0. The zero-order chi connectivity index (χ0) is 14.0. The van der Waals surface area contributed by atoms with Crippen molar-refractivity contribution in [1.82, 2.24) is 15.1 Å². The van der Waals surface area contributed by atoms with E-state index in [9.17, 15) is 0 Å². The number of rotatable bonds is 11. The van der Waals surface area contributed by atoms with Crippen molar-refractivity contribution in [2.45, 2.75) is 58.5 Å². The summed E-state index contributed by atoms with van der Waals surface area (Å²) >= 11 is 0. The minimum absolute atomic E-state index is 0.648. The molecule has 1 N–H and O–H groups in total.